The molecule has 0 heterocycles. The number of nitrogens with one attached hydrogen (secondary N) is 1. The topological polar surface area (TPSA) is 69.6 Å². The molecule has 1 unspecified atom stereocenters. The number of carboxylic acids is 1. The number of anilines is 1. The first kappa shape index (κ1) is 17.8. The molecule has 0 aliphatic carbocycles. The van der Waals surface area contributed by atoms with Crippen LogP contribution in [0.2, 0.25) is 0 Å². The van der Waals surface area contributed by atoms with Gasteiger partial charge in [-0.05, 0) is 24.6 Å². The highest BCUT2D eigenvalue weighted by Gasteiger charge is 2.31. The maximum absolute atomic E-state index is 12.7. The van der Waals surface area contributed by atoms with Crippen molar-refractivity contribution >= 4 is 17.7 Å². The zero-order valence-corrected chi connectivity index (χ0v) is 12.4. The Morgan fingerprint density at radius 1 is 1.36 bits per heavy atom. The monoisotopic (exact) mass is 318 g/mol. The van der Waals surface area contributed by atoms with Gasteiger partial charge in [-0.25, -0.2) is 4.79 Å². The Balaban J connectivity index is 2.86. The summed E-state index contributed by atoms with van der Waals surface area (Å²) >= 11 is 0. The van der Waals surface area contributed by atoms with Crippen molar-refractivity contribution in [2.75, 3.05) is 18.9 Å². The number of carbonyl (C=O) groups is 2. The van der Waals surface area contributed by atoms with Crippen LogP contribution in [0.25, 0.3) is 0 Å². The highest BCUT2D eigenvalue weighted by atomic mass is 19.4. The maximum atomic E-state index is 12.7. The summed E-state index contributed by atoms with van der Waals surface area (Å²) in [5.41, 5.74) is -0.356. The molecule has 0 aliphatic heterocycles. The average molecular weight is 318 g/mol. The lowest BCUT2D eigenvalue weighted by Gasteiger charge is -2.21. The molecule has 2 N–H and O–H groups in total. The van der Waals surface area contributed by atoms with E-state index in [1.54, 1.807) is 6.92 Å². The number of urea groups is 1. The van der Waals surface area contributed by atoms with Crippen molar-refractivity contribution in [3.63, 3.8) is 0 Å². The molecule has 1 atom stereocenters. The van der Waals surface area contributed by atoms with Gasteiger partial charge >= 0.3 is 18.2 Å². The summed E-state index contributed by atoms with van der Waals surface area (Å²) in [6.07, 6.45) is -4.50. The largest absolute Gasteiger partial charge is 0.481 e. The zero-order valence-electron chi connectivity index (χ0n) is 12.4. The van der Waals surface area contributed by atoms with Gasteiger partial charge in [-0.3, -0.25) is 4.79 Å². The Hall–Kier alpha value is -2.25. The number of hydrogen-bond donors (Lipinski definition) is 2. The second-order valence-electron chi connectivity index (χ2n) is 5.08. The molecule has 8 heteroatoms. The van der Waals surface area contributed by atoms with Gasteiger partial charge in [-0.1, -0.05) is 13.0 Å². The summed E-state index contributed by atoms with van der Waals surface area (Å²) < 4.78 is 38.0. The molecule has 0 radical (unpaired) electrons. The van der Waals surface area contributed by atoms with Crippen LogP contribution >= 0.6 is 0 Å². The van der Waals surface area contributed by atoms with Crippen molar-refractivity contribution in [1.29, 1.82) is 0 Å². The van der Waals surface area contributed by atoms with E-state index in [4.69, 9.17) is 5.11 Å². The standard InChI is InChI=1S/C14H17F3N2O3/c1-8-4-5-10(14(15,16)17)6-11(8)18-13(22)19(3)7-9(2)12(20)21/h4-6,9H,7H2,1-3H3,(H,18,22)(H,20,21). The van der Waals surface area contributed by atoms with E-state index in [1.165, 1.54) is 20.0 Å². The summed E-state index contributed by atoms with van der Waals surface area (Å²) in [6.45, 7) is 2.94. The number of halogens is 3. The van der Waals surface area contributed by atoms with E-state index in [2.05, 4.69) is 5.32 Å². The molecule has 0 bridgehead atoms. The zero-order chi connectivity index (χ0) is 17.1. The fourth-order valence-corrected chi connectivity index (χ4v) is 1.72. The lowest BCUT2D eigenvalue weighted by Crippen LogP contribution is -2.36. The van der Waals surface area contributed by atoms with Crippen LogP contribution in [0.15, 0.2) is 18.2 Å². The normalized spacial score (nSPS) is 12.6. The number of rotatable bonds is 4. The van der Waals surface area contributed by atoms with Crippen LogP contribution in [0.1, 0.15) is 18.1 Å². The number of aliphatic carboxylic acids is 1. The maximum Gasteiger partial charge on any atom is 0.416 e. The van der Waals surface area contributed by atoms with Crippen LogP contribution in [0.3, 0.4) is 0 Å². The molecule has 0 spiro atoms. The Morgan fingerprint density at radius 3 is 2.45 bits per heavy atom. The molecule has 0 aromatic heterocycles. The van der Waals surface area contributed by atoms with E-state index >= 15 is 0 Å². The van der Waals surface area contributed by atoms with Gasteiger partial charge in [0.25, 0.3) is 0 Å². The summed E-state index contributed by atoms with van der Waals surface area (Å²) in [5.74, 6) is -1.84. The smallest absolute Gasteiger partial charge is 0.416 e. The average Bonchev–Trinajstić information content (AvgIpc) is 2.39. The Bertz CT molecular complexity index is 573. The second kappa shape index (κ2) is 6.67. The molecule has 1 rings (SSSR count). The van der Waals surface area contributed by atoms with Crippen molar-refractivity contribution in [3.05, 3.63) is 29.3 Å². The molecule has 1 aromatic carbocycles. The molecule has 5 nitrogen and oxygen atoms in total. The van der Waals surface area contributed by atoms with Crippen molar-refractivity contribution in [2.45, 2.75) is 20.0 Å². The molecule has 122 valence electrons. The van der Waals surface area contributed by atoms with E-state index in [9.17, 15) is 22.8 Å². The lowest BCUT2D eigenvalue weighted by atomic mass is 10.1. The van der Waals surface area contributed by atoms with Crippen LogP contribution in [0.4, 0.5) is 23.7 Å². The molecule has 0 aliphatic rings. The predicted octanol–water partition coefficient (Wildman–Crippen LogP) is 3.20. The summed E-state index contributed by atoms with van der Waals surface area (Å²) in [6, 6.07) is 2.37. The Morgan fingerprint density at radius 2 is 1.95 bits per heavy atom. The summed E-state index contributed by atoms with van der Waals surface area (Å²) in [7, 11) is 1.37. The molecular weight excluding hydrogens is 301 g/mol. The SMILES string of the molecule is Cc1ccc(C(F)(F)F)cc1NC(=O)N(C)CC(C)C(=O)O. The minimum absolute atomic E-state index is 0.0367. The number of aryl methyl sites for hydroxylation is 1. The quantitative estimate of drug-likeness (QED) is 0.895. The van der Waals surface area contributed by atoms with Crippen molar-refractivity contribution in [2.24, 2.45) is 5.92 Å². The number of alkyl halides is 3. The van der Waals surface area contributed by atoms with E-state index in [0.29, 0.717) is 5.56 Å². The first-order valence-corrected chi connectivity index (χ1v) is 6.45. The molecule has 0 fully saturated rings. The number of hydrogen-bond acceptors (Lipinski definition) is 2. The molecule has 0 saturated carbocycles. The lowest BCUT2D eigenvalue weighted by molar-refractivity contribution is -0.141. The Kier molecular flexibility index (Phi) is 5.40. The van der Waals surface area contributed by atoms with Gasteiger partial charge in [0, 0.05) is 19.3 Å². The first-order valence-electron chi connectivity index (χ1n) is 6.45. The number of amides is 2. The molecule has 2 amide bonds. The van der Waals surface area contributed by atoms with Crippen LogP contribution < -0.4 is 5.32 Å². The van der Waals surface area contributed by atoms with E-state index < -0.39 is 29.7 Å². The van der Waals surface area contributed by atoms with E-state index in [-0.39, 0.29) is 12.2 Å². The number of carboxylic acid groups (broad SMARTS) is 1. The number of nitrogens with zero attached hydrogens (tertiary/aromatic N) is 1. The summed E-state index contributed by atoms with van der Waals surface area (Å²) in [5, 5.41) is 11.1. The predicted molar refractivity (Wildman–Crippen MR) is 74.6 cm³/mol. The third-order valence-electron chi connectivity index (χ3n) is 3.12. The van der Waals surface area contributed by atoms with Gasteiger partial charge in [0.2, 0.25) is 0 Å². The van der Waals surface area contributed by atoms with Gasteiger partial charge in [-0.15, -0.1) is 0 Å². The summed E-state index contributed by atoms with van der Waals surface area (Å²) in [4.78, 5) is 23.8. The molecule has 22 heavy (non-hydrogen) atoms. The molecule has 0 saturated heterocycles. The van der Waals surface area contributed by atoms with Crippen molar-refractivity contribution in [3.8, 4) is 0 Å². The van der Waals surface area contributed by atoms with Gasteiger partial charge in [0.15, 0.2) is 0 Å². The molecule has 1 aromatic rings. The minimum Gasteiger partial charge on any atom is -0.481 e. The van der Waals surface area contributed by atoms with Crippen molar-refractivity contribution < 1.29 is 27.9 Å². The Labute approximate surface area is 125 Å². The van der Waals surface area contributed by atoms with Gasteiger partial charge in [0.1, 0.15) is 0 Å². The molecular formula is C14H17F3N2O3. The van der Waals surface area contributed by atoms with Crippen LogP contribution in [0.5, 0.6) is 0 Å². The van der Waals surface area contributed by atoms with Crippen LogP contribution in [-0.4, -0.2) is 35.6 Å². The third-order valence-corrected chi connectivity index (χ3v) is 3.12. The second-order valence-corrected chi connectivity index (χ2v) is 5.08. The van der Waals surface area contributed by atoms with Gasteiger partial charge in [-0.2, -0.15) is 13.2 Å². The fraction of sp³-hybridized carbons (Fsp3) is 0.429. The number of benzene rings is 1. The van der Waals surface area contributed by atoms with Gasteiger partial charge in [0.05, 0.1) is 11.5 Å². The highest BCUT2D eigenvalue weighted by molar-refractivity contribution is 5.90. The fourth-order valence-electron chi connectivity index (χ4n) is 1.72. The van der Waals surface area contributed by atoms with Gasteiger partial charge < -0.3 is 15.3 Å². The highest BCUT2D eigenvalue weighted by Crippen LogP contribution is 2.32. The van der Waals surface area contributed by atoms with Crippen LogP contribution in [-0.2, 0) is 11.0 Å². The third kappa shape index (κ3) is 4.64. The first-order chi connectivity index (χ1) is 10.0. The van der Waals surface area contributed by atoms with Crippen LogP contribution in [0, 0.1) is 12.8 Å². The number of carbonyl (C=O) groups excluding carboxylic acids is 1. The van der Waals surface area contributed by atoms with Crippen molar-refractivity contribution in [1.82, 2.24) is 4.90 Å². The minimum atomic E-state index is -4.50. The van der Waals surface area contributed by atoms with E-state index in [0.717, 1.165) is 17.0 Å². The van der Waals surface area contributed by atoms with E-state index in [1.807, 2.05) is 0 Å².